The molecule has 6 atom stereocenters. The molecule has 0 unspecified atom stereocenters. The van der Waals surface area contributed by atoms with E-state index in [0.29, 0.717) is 36.2 Å². The number of carbonyl (C=O) groups is 7. The quantitative estimate of drug-likeness (QED) is 0.0157. The lowest BCUT2D eigenvalue weighted by Crippen LogP contribution is -2.60. The number of phenolic OH excluding ortho intramolecular Hbond substituents is 2. The number of benzene rings is 3. The summed E-state index contributed by atoms with van der Waals surface area (Å²) in [5, 5.41) is 45.9. The molecule has 4 rings (SSSR count). The summed E-state index contributed by atoms with van der Waals surface area (Å²) in [6.45, 7) is 0.0359. The van der Waals surface area contributed by atoms with Gasteiger partial charge in [-0.2, -0.15) is 0 Å². The Hall–Kier alpha value is -8.05. The van der Waals surface area contributed by atoms with Crippen molar-refractivity contribution in [1.82, 2.24) is 47.2 Å². The van der Waals surface area contributed by atoms with E-state index in [9.17, 15) is 43.8 Å². The fourth-order valence-electron chi connectivity index (χ4n) is 7.22. The van der Waals surface area contributed by atoms with E-state index in [1.165, 1.54) is 48.9 Å². The zero-order chi connectivity index (χ0) is 51.0. The summed E-state index contributed by atoms with van der Waals surface area (Å²) in [6, 6.07) is 12.9. The number of primary amides is 1. The Morgan fingerprint density at radius 1 is 0.557 bits per heavy atom. The van der Waals surface area contributed by atoms with Gasteiger partial charge in [0.05, 0.1) is 18.6 Å². The van der Waals surface area contributed by atoms with Crippen molar-refractivity contribution in [3.05, 3.63) is 114 Å². The van der Waals surface area contributed by atoms with Crippen LogP contribution in [0.1, 0.15) is 54.5 Å². The van der Waals surface area contributed by atoms with Crippen LogP contribution in [0.15, 0.2) is 91.4 Å². The van der Waals surface area contributed by atoms with Crippen LogP contribution in [0.2, 0.25) is 0 Å². The number of phenols is 2. The Morgan fingerprint density at radius 2 is 1.00 bits per heavy atom. The highest BCUT2D eigenvalue weighted by Gasteiger charge is 2.34. The first kappa shape index (κ1) is 54.6. The average molecular weight is 969 g/mol. The van der Waals surface area contributed by atoms with E-state index in [4.69, 9.17) is 28.3 Å². The minimum absolute atomic E-state index is 0.0121. The Labute approximate surface area is 404 Å². The maximum atomic E-state index is 14.5. The number of amides is 7. The van der Waals surface area contributed by atoms with Crippen LogP contribution in [0, 0.1) is 5.41 Å². The Balaban J connectivity index is 1.63. The van der Waals surface area contributed by atoms with Crippen molar-refractivity contribution >= 4 is 47.3 Å². The van der Waals surface area contributed by atoms with Crippen molar-refractivity contribution in [2.24, 2.45) is 22.9 Å². The fourth-order valence-corrected chi connectivity index (χ4v) is 7.22. The third-order valence-corrected chi connectivity index (χ3v) is 11.0. The lowest BCUT2D eigenvalue weighted by atomic mass is 10.0. The van der Waals surface area contributed by atoms with E-state index < -0.39 is 84.1 Å². The van der Waals surface area contributed by atoms with Gasteiger partial charge in [-0.1, -0.05) is 54.6 Å². The topological polar surface area (TPSA) is 401 Å². The minimum atomic E-state index is -1.44. The summed E-state index contributed by atoms with van der Waals surface area (Å²) in [5.74, 6) is -5.82. The third-order valence-electron chi connectivity index (χ3n) is 11.0. The van der Waals surface area contributed by atoms with Gasteiger partial charge in [0, 0.05) is 38.4 Å². The van der Waals surface area contributed by atoms with Crippen molar-refractivity contribution < 1.29 is 43.8 Å². The number of hydrogen-bond donors (Lipinski definition) is 15. The van der Waals surface area contributed by atoms with Crippen LogP contribution in [-0.2, 0) is 59.2 Å². The summed E-state index contributed by atoms with van der Waals surface area (Å²) < 4.78 is 0. The van der Waals surface area contributed by atoms with E-state index in [2.05, 4.69) is 47.2 Å². The van der Waals surface area contributed by atoms with Gasteiger partial charge in [0.2, 0.25) is 41.4 Å². The molecule has 0 bridgehead atoms. The van der Waals surface area contributed by atoms with Crippen molar-refractivity contribution in [1.29, 1.82) is 5.41 Å². The van der Waals surface area contributed by atoms with Gasteiger partial charge in [-0.25, -0.2) is 4.98 Å². The standard InChI is InChI=1S/C47H64N14O9/c48-19-5-4-9-34(57-44(68)37(56-40(64)25-49)22-28-7-2-1-3-8-28)43(67)60-38(23-30-13-17-33(63)18-14-30)45(69)61-39(24-31-26-53-27-55-31)46(70)58-35(10-6-20-54-47(51)52)42(66)59-36(41(50)65)21-29-11-15-32(62)16-12-29/h1-3,7-8,11-18,26-27,34-39,62-63H,4-6,9-10,19-25,48-49H2,(H2,50,65)(H,53,55)(H,56,64)(H,57,68)(H,58,70)(H,59,66)(H,60,67)(H,61,69)(H4,51,52,54)/t34-,35+,36-,37+,38-,39-/m0/s1. The first-order valence-electron chi connectivity index (χ1n) is 22.7. The second-order valence-corrected chi connectivity index (χ2v) is 16.5. The molecule has 1 aromatic heterocycles. The molecule has 0 radical (unpaired) electrons. The van der Waals surface area contributed by atoms with Crippen LogP contribution < -0.4 is 60.2 Å². The molecule has 0 aliphatic carbocycles. The van der Waals surface area contributed by atoms with Gasteiger partial charge in [0.1, 0.15) is 47.8 Å². The highest BCUT2D eigenvalue weighted by atomic mass is 16.3. The van der Waals surface area contributed by atoms with E-state index >= 15 is 0 Å². The fraction of sp³-hybridized carbons (Fsp3) is 0.383. The van der Waals surface area contributed by atoms with Crippen LogP contribution in [0.3, 0.4) is 0 Å². The number of aromatic hydroxyl groups is 2. The lowest BCUT2D eigenvalue weighted by molar-refractivity contribution is -0.135. The van der Waals surface area contributed by atoms with Crippen LogP contribution in [-0.4, -0.2) is 123 Å². The molecule has 23 nitrogen and oxygen atoms in total. The Bertz CT molecular complexity index is 2340. The molecule has 0 aliphatic heterocycles. The molecule has 0 spiro atoms. The summed E-state index contributed by atoms with van der Waals surface area (Å²) in [7, 11) is 0. The van der Waals surface area contributed by atoms with Gasteiger partial charge in [-0.05, 0) is 79.6 Å². The van der Waals surface area contributed by atoms with Crippen molar-refractivity contribution in [3.8, 4) is 11.5 Å². The maximum Gasteiger partial charge on any atom is 0.243 e. The normalized spacial score (nSPS) is 13.5. The first-order valence-corrected chi connectivity index (χ1v) is 22.7. The number of imidazole rings is 1. The number of aromatic amines is 1. The monoisotopic (exact) mass is 968 g/mol. The zero-order valence-corrected chi connectivity index (χ0v) is 38.6. The molecule has 23 heteroatoms. The summed E-state index contributed by atoms with van der Waals surface area (Å²) in [6.07, 6.45) is 3.65. The van der Waals surface area contributed by atoms with Crippen LogP contribution in [0.25, 0.3) is 0 Å². The van der Waals surface area contributed by atoms with Crippen LogP contribution in [0.4, 0.5) is 0 Å². The molecule has 4 aromatic rings. The number of carbonyl (C=O) groups excluding carboxylic acids is 7. The third kappa shape index (κ3) is 18.9. The number of aromatic nitrogens is 2. The SMILES string of the molecule is N=C(N)NCCC[C@@H](NC(=O)[C@H](Cc1c[nH]cn1)NC(=O)[C@H](Cc1ccc(O)cc1)NC(=O)[C@H](CCCCN)NC(=O)[C@@H](Cc1ccccc1)NC(=O)CN)C(=O)N[C@@H](Cc1ccc(O)cc1)C(N)=O. The largest absolute Gasteiger partial charge is 0.508 e. The number of nitrogens with two attached hydrogens (primary N) is 4. The number of guanidine groups is 1. The van der Waals surface area contributed by atoms with Crippen LogP contribution >= 0.6 is 0 Å². The smallest absolute Gasteiger partial charge is 0.243 e. The molecule has 1 heterocycles. The van der Waals surface area contributed by atoms with Crippen LogP contribution in [0.5, 0.6) is 11.5 Å². The number of nitrogens with one attached hydrogen (secondary N) is 9. The molecule has 7 amide bonds. The summed E-state index contributed by atoms with van der Waals surface area (Å²) >= 11 is 0. The highest BCUT2D eigenvalue weighted by molar-refractivity contribution is 5.97. The molecule has 0 fully saturated rings. The molecule has 70 heavy (non-hydrogen) atoms. The van der Waals surface area contributed by atoms with E-state index in [1.807, 2.05) is 0 Å². The zero-order valence-electron chi connectivity index (χ0n) is 38.6. The molecule has 376 valence electrons. The maximum absolute atomic E-state index is 14.5. The number of H-pyrrole nitrogens is 1. The molecule has 0 saturated heterocycles. The lowest BCUT2D eigenvalue weighted by Gasteiger charge is -2.28. The predicted octanol–water partition coefficient (Wildman–Crippen LogP) is -2.16. The molecule has 0 aliphatic rings. The van der Waals surface area contributed by atoms with E-state index in [-0.39, 0.29) is 68.9 Å². The van der Waals surface area contributed by atoms with Crippen molar-refractivity contribution in [3.63, 3.8) is 0 Å². The van der Waals surface area contributed by atoms with Gasteiger partial charge >= 0.3 is 0 Å². The minimum Gasteiger partial charge on any atom is -0.508 e. The van der Waals surface area contributed by atoms with Crippen molar-refractivity contribution in [2.45, 2.75) is 94.0 Å². The number of unbranched alkanes of at least 4 members (excludes halogenated alkanes) is 1. The average Bonchev–Trinajstić information content (AvgIpc) is 3.86. The van der Waals surface area contributed by atoms with E-state index in [0.717, 1.165) is 5.56 Å². The second kappa shape index (κ2) is 28.3. The molecular formula is C47H64N14O9. The Kier molecular flexibility index (Phi) is 22.1. The van der Waals surface area contributed by atoms with Gasteiger partial charge < -0.3 is 75.3 Å². The first-order chi connectivity index (χ1) is 33.5. The Morgan fingerprint density at radius 3 is 1.47 bits per heavy atom. The van der Waals surface area contributed by atoms with E-state index in [1.54, 1.807) is 42.5 Å². The number of hydrogen-bond acceptors (Lipinski definition) is 13. The molecule has 19 N–H and O–H groups in total. The molecule has 3 aromatic carbocycles. The van der Waals surface area contributed by atoms with Crippen molar-refractivity contribution in [2.75, 3.05) is 19.6 Å². The number of nitrogens with zero attached hydrogens (tertiary/aromatic N) is 1. The molecule has 0 saturated carbocycles. The van der Waals surface area contributed by atoms with Gasteiger partial charge in [0.25, 0.3) is 0 Å². The van der Waals surface area contributed by atoms with Gasteiger partial charge in [-0.3, -0.25) is 39.0 Å². The second-order valence-electron chi connectivity index (χ2n) is 16.5. The highest BCUT2D eigenvalue weighted by Crippen LogP contribution is 2.15. The summed E-state index contributed by atoms with van der Waals surface area (Å²) in [5.41, 5.74) is 24.6. The van der Waals surface area contributed by atoms with Gasteiger partial charge in [0.15, 0.2) is 5.96 Å². The summed E-state index contributed by atoms with van der Waals surface area (Å²) in [4.78, 5) is 103. The van der Waals surface area contributed by atoms with Gasteiger partial charge in [-0.15, -0.1) is 0 Å². The molecular weight excluding hydrogens is 905 g/mol. The number of rotatable bonds is 29. The predicted molar refractivity (Wildman–Crippen MR) is 258 cm³/mol.